The molecule has 0 aromatic carbocycles. The summed E-state index contributed by atoms with van der Waals surface area (Å²) in [5, 5.41) is 16.6. The fourth-order valence-corrected chi connectivity index (χ4v) is 0.206. The van der Waals surface area contributed by atoms with Crippen LogP contribution in [0.25, 0.3) is 0 Å². The molecule has 0 heterocycles. The second kappa shape index (κ2) is 5.64. The number of rotatable bonds is 2. The molecule has 0 bridgehead atoms. The quantitative estimate of drug-likeness (QED) is 0.476. The number of carbonyl (C=O) groups is 1. The Balaban J connectivity index is 0. The van der Waals surface area contributed by atoms with Gasteiger partial charge in [0.2, 0.25) is 0 Å². The van der Waals surface area contributed by atoms with E-state index in [0.29, 0.717) is 0 Å². The third kappa shape index (κ3) is 5.32. The van der Waals surface area contributed by atoms with E-state index in [1.165, 1.54) is 6.92 Å². The molecule has 0 saturated carbocycles. The summed E-state index contributed by atoms with van der Waals surface area (Å²) in [5.74, 6) is -1.18. The molecule has 0 spiro atoms. The van der Waals surface area contributed by atoms with Gasteiger partial charge in [-0.25, -0.2) is 0 Å². The molecule has 0 unspecified atom stereocenters. The zero-order valence-electron chi connectivity index (χ0n) is 5.24. The van der Waals surface area contributed by atoms with Crippen LogP contribution in [0.2, 0.25) is 0 Å². The molecule has 4 N–H and O–H groups in total. The molecule has 2 radical (unpaired) electrons. The fourth-order valence-electron chi connectivity index (χ4n) is 0.206. The number of carboxylic acid groups (broad SMARTS) is 1. The Bertz CT molecular complexity index is 95.8. The maximum absolute atomic E-state index is 9.86. The molecule has 9 heavy (non-hydrogen) atoms. The summed E-state index contributed by atoms with van der Waals surface area (Å²) in [6.45, 7) is 1.33. The van der Waals surface area contributed by atoms with Crippen molar-refractivity contribution >= 4 is 51.5 Å². The van der Waals surface area contributed by atoms with Gasteiger partial charge in [-0.2, -0.15) is 0 Å². The summed E-state index contributed by atoms with van der Waals surface area (Å²) in [5.41, 5.74) is 4.91. The van der Waals surface area contributed by atoms with Gasteiger partial charge in [0.25, 0.3) is 0 Å². The molecule has 50 valence electrons. The molecule has 2 atom stereocenters. The van der Waals surface area contributed by atoms with Gasteiger partial charge in [0.1, 0.15) is 6.04 Å². The van der Waals surface area contributed by atoms with Crippen LogP contribution >= 0.6 is 0 Å². The van der Waals surface area contributed by atoms with Crippen molar-refractivity contribution in [1.82, 2.24) is 0 Å². The van der Waals surface area contributed by atoms with Crippen LogP contribution in [0.4, 0.5) is 0 Å². The molecule has 0 saturated heterocycles. The average molecular weight is 207 g/mol. The van der Waals surface area contributed by atoms with Gasteiger partial charge in [-0.15, -0.1) is 0 Å². The topological polar surface area (TPSA) is 83.5 Å². The van der Waals surface area contributed by atoms with E-state index in [4.69, 9.17) is 15.9 Å². The Morgan fingerprint density at radius 2 is 2.00 bits per heavy atom. The van der Waals surface area contributed by atoms with Crippen LogP contribution in [0.3, 0.4) is 0 Å². The third-order valence-electron chi connectivity index (χ3n) is 0.805. The van der Waals surface area contributed by atoms with Crippen molar-refractivity contribution in [3.05, 3.63) is 0 Å². The first-order valence-electron chi connectivity index (χ1n) is 2.22. The zero-order chi connectivity index (χ0) is 6.73. The van der Waals surface area contributed by atoms with E-state index >= 15 is 0 Å². The van der Waals surface area contributed by atoms with Crippen LogP contribution < -0.4 is 5.73 Å². The van der Waals surface area contributed by atoms with Crippen LogP contribution in [0.1, 0.15) is 6.92 Å². The largest absolute Gasteiger partial charge is 0.480 e. The van der Waals surface area contributed by atoms with E-state index in [1.807, 2.05) is 0 Å². The average Bonchev–Trinajstić information content (AvgIpc) is 1.64. The number of carboxylic acids is 1. The predicted molar refractivity (Wildman–Crippen MR) is 33.0 cm³/mol. The number of hydrogen-bond donors (Lipinski definition) is 3. The van der Waals surface area contributed by atoms with Gasteiger partial charge in [-0.1, -0.05) is 0 Å². The van der Waals surface area contributed by atoms with E-state index < -0.39 is 18.1 Å². The predicted octanol–water partition coefficient (Wildman–Crippen LogP) is -1.60. The van der Waals surface area contributed by atoms with E-state index in [9.17, 15) is 4.79 Å². The maximum atomic E-state index is 9.86. The molecular weight excluding hydrogens is 198 g/mol. The minimum atomic E-state index is -1.18. The van der Waals surface area contributed by atoms with E-state index in [0.717, 1.165) is 0 Å². The fraction of sp³-hybridized carbons (Fsp3) is 0.750. The molecule has 0 aromatic rings. The van der Waals surface area contributed by atoms with Gasteiger partial charge < -0.3 is 15.9 Å². The maximum Gasteiger partial charge on any atom is 0.323 e. The molecule has 0 fully saturated rings. The smallest absolute Gasteiger partial charge is 0.323 e. The van der Waals surface area contributed by atoms with E-state index in [1.54, 1.807) is 0 Å². The van der Waals surface area contributed by atoms with Gasteiger partial charge in [0.15, 0.2) is 0 Å². The van der Waals surface area contributed by atoms with Gasteiger partial charge in [0, 0.05) is 45.5 Å². The molecular formula is C4H9NO3Sr. The van der Waals surface area contributed by atoms with Crippen molar-refractivity contribution in [2.45, 2.75) is 19.1 Å². The van der Waals surface area contributed by atoms with Crippen molar-refractivity contribution in [3.8, 4) is 0 Å². The standard InChI is InChI=1S/C4H9NO3.Sr/c1-2(6)3(5)4(7)8;/h2-3,6H,5H2,1H3,(H,7,8);/t2-,3+;/m1./s1. The summed E-state index contributed by atoms with van der Waals surface area (Å²) in [6, 6.07) is -1.16. The van der Waals surface area contributed by atoms with Crippen LogP contribution in [0, 0.1) is 0 Å². The number of aliphatic hydroxyl groups is 1. The number of nitrogens with two attached hydrogens (primary N) is 1. The second-order valence-corrected chi connectivity index (χ2v) is 1.60. The molecule has 0 aliphatic heterocycles. The normalized spacial score (nSPS) is 15.4. The van der Waals surface area contributed by atoms with Crippen LogP contribution in [-0.2, 0) is 4.79 Å². The van der Waals surface area contributed by atoms with Crippen molar-refractivity contribution in [2.75, 3.05) is 0 Å². The Morgan fingerprint density at radius 1 is 1.67 bits per heavy atom. The minimum absolute atomic E-state index is 0. The summed E-state index contributed by atoms with van der Waals surface area (Å²) in [7, 11) is 0. The van der Waals surface area contributed by atoms with Crippen LogP contribution in [-0.4, -0.2) is 73.8 Å². The van der Waals surface area contributed by atoms with E-state index in [2.05, 4.69) is 0 Å². The van der Waals surface area contributed by atoms with Crippen molar-refractivity contribution in [2.24, 2.45) is 5.73 Å². The first kappa shape index (κ1) is 12.5. The van der Waals surface area contributed by atoms with Crippen LogP contribution in [0.5, 0.6) is 0 Å². The number of aliphatic hydroxyl groups excluding tert-OH is 1. The SMILES string of the molecule is C[C@@H](O)[C@H](N)C(=O)O.[Sr]. The molecule has 0 aromatic heterocycles. The zero-order valence-corrected chi connectivity index (χ0v) is 8.72. The van der Waals surface area contributed by atoms with Crippen LogP contribution in [0.15, 0.2) is 0 Å². The Hall–Kier alpha value is 0.871. The Morgan fingerprint density at radius 3 is 2.00 bits per heavy atom. The number of aliphatic carboxylic acids is 1. The van der Waals surface area contributed by atoms with Crippen molar-refractivity contribution in [3.63, 3.8) is 0 Å². The summed E-state index contributed by atoms with van der Waals surface area (Å²) in [4.78, 5) is 9.86. The molecule has 0 aliphatic carbocycles. The van der Waals surface area contributed by atoms with Gasteiger partial charge >= 0.3 is 5.97 Å². The number of hydrogen-bond acceptors (Lipinski definition) is 3. The Kier molecular flexibility index (Phi) is 7.86. The van der Waals surface area contributed by atoms with Crippen molar-refractivity contribution in [1.29, 1.82) is 0 Å². The molecule has 5 heteroatoms. The summed E-state index contributed by atoms with van der Waals surface area (Å²) in [6.07, 6.45) is -0.979. The van der Waals surface area contributed by atoms with Gasteiger partial charge in [-0.3, -0.25) is 4.79 Å². The second-order valence-electron chi connectivity index (χ2n) is 1.60. The molecule has 0 rings (SSSR count). The summed E-state index contributed by atoms with van der Waals surface area (Å²) < 4.78 is 0. The first-order chi connectivity index (χ1) is 3.55. The third-order valence-corrected chi connectivity index (χ3v) is 0.805. The Labute approximate surface area is 90.3 Å². The van der Waals surface area contributed by atoms with Gasteiger partial charge in [-0.05, 0) is 6.92 Å². The molecule has 4 nitrogen and oxygen atoms in total. The van der Waals surface area contributed by atoms with Gasteiger partial charge in [0.05, 0.1) is 6.10 Å². The van der Waals surface area contributed by atoms with Crippen molar-refractivity contribution < 1.29 is 15.0 Å². The molecule has 0 aliphatic rings. The summed E-state index contributed by atoms with van der Waals surface area (Å²) >= 11 is 0. The minimum Gasteiger partial charge on any atom is -0.480 e. The van der Waals surface area contributed by atoms with E-state index in [-0.39, 0.29) is 45.5 Å². The monoisotopic (exact) mass is 207 g/mol. The first-order valence-corrected chi connectivity index (χ1v) is 2.22. The molecule has 0 amide bonds.